The maximum Gasteiger partial charge on any atom is 0.327 e. The van der Waals surface area contributed by atoms with Crippen LogP contribution in [0.2, 0.25) is 0 Å². The molecule has 4 N–H and O–H groups in total. The number of aryl methyl sites for hydroxylation is 3. The van der Waals surface area contributed by atoms with Crippen molar-refractivity contribution in [3.63, 3.8) is 0 Å². The fourth-order valence-electron chi connectivity index (χ4n) is 7.48. The first-order valence-corrected chi connectivity index (χ1v) is 18.1. The van der Waals surface area contributed by atoms with Gasteiger partial charge in [-0.25, -0.2) is 14.5 Å². The van der Waals surface area contributed by atoms with E-state index in [4.69, 9.17) is 15.8 Å². The molecule has 1 saturated heterocycles. The van der Waals surface area contributed by atoms with Crippen LogP contribution in [0.3, 0.4) is 0 Å². The fourth-order valence-corrected chi connectivity index (χ4v) is 7.48. The van der Waals surface area contributed by atoms with E-state index in [1.807, 2.05) is 60.4 Å². The molecule has 3 amide bonds. The third-order valence-electron chi connectivity index (χ3n) is 10.3. The maximum atomic E-state index is 13.9. The average Bonchev–Trinajstić information content (AvgIpc) is 3.96. The highest BCUT2D eigenvalue weighted by atomic mass is 16.2. The van der Waals surface area contributed by atoms with Crippen molar-refractivity contribution in [2.45, 2.75) is 65.1 Å². The van der Waals surface area contributed by atoms with Crippen LogP contribution in [0.25, 0.3) is 16.9 Å². The monoisotopic (exact) mass is 709 g/mol. The van der Waals surface area contributed by atoms with Crippen molar-refractivity contribution >= 4 is 34.8 Å². The molecule has 2 atom stereocenters. The number of pyridine rings is 1. The number of nitrogens with two attached hydrogens (primary N) is 1. The Balaban J connectivity index is 0.874. The Morgan fingerprint density at radius 1 is 1.02 bits per heavy atom. The molecule has 2 aromatic carbocycles. The Morgan fingerprint density at radius 3 is 2.72 bits per heavy atom. The second-order valence-corrected chi connectivity index (χ2v) is 14.1. The van der Waals surface area contributed by atoms with Crippen molar-refractivity contribution in [2.24, 2.45) is 4.99 Å². The number of amides is 3. The predicted molar refractivity (Wildman–Crippen MR) is 207 cm³/mol. The summed E-state index contributed by atoms with van der Waals surface area (Å²) in [7, 11) is 0. The molecular weight excluding hydrogens is 667 g/mol. The van der Waals surface area contributed by atoms with Gasteiger partial charge >= 0.3 is 6.03 Å². The Bertz CT molecular complexity index is 2270. The summed E-state index contributed by atoms with van der Waals surface area (Å²) in [5.74, 6) is 6.77. The number of fused-ring (bicyclic) bond motifs is 4. The van der Waals surface area contributed by atoms with Crippen LogP contribution >= 0.6 is 0 Å². The number of urea groups is 1. The number of nitrogens with one attached hydrogen (secondary N) is 2. The van der Waals surface area contributed by atoms with E-state index in [9.17, 15) is 9.59 Å². The summed E-state index contributed by atoms with van der Waals surface area (Å²) in [4.78, 5) is 40.6. The van der Waals surface area contributed by atoms with Gasteiger partial charge in [0, 0.05) is 54.3 Å². The van der Waals surface area contributed by atoms with E-state index in [-0.39, 0.29) is 30.6 Å². The minimum Gasteiger partial charge on any atom is -0.366 e. The van der Waals surface area contributed by atoms with Crippen LogP contribution in [-0.2, 0) is 17.8 Å². The molecule has 0 spiro atoms. The molecular formula is C40H43N11O2. The number of aliphatic imine (C=N–C) groups is 1. The number of aromatic nitrogens is 5. The number of nitrogens with zero attached hydrogens (tertiary/aromatic N) is 8. The maximum absolute atomic E-state index is 13.9. The lowest BCUT2D eigenvalue weighted by molar-refractivity contribution is -0.121. The smallest absolute Gasteiger partial charge is 0.327 e. The molecule has 8 rings (SSSR count). The number of carbonyl (C=O) groups excluding carboxylic acids is 2. The number of allylic oxidation sites excluding steroid dienone is 1. The van der Waals surface area contributed by atoms with Gasteiger partial charge in [-0.1, -0.05) is 41.1 Å². The Hall–Kier alpha value is -6.24. The summed E-state index contributed by atoms with van der Waals surface area (Å²) in [6.45, 7) is 8.03. The van der Waals surface area contributed by atoms with Gasteiger partial charge in [-0.2, -0.15) is 0 Å². The first-order chi connectivity index (χ1) is 25.7. The van der Waals surface area contributed by atoms with Gasteiger partial charge in [-0.15, -0.1) is 5.10 Å². The molecule has 1 unspecified atom stereocenters. The van der Waals surface area contributed by atoms with Crippen LogP contribution in [0.1, 0.15) is 47.5 Å². The molecule has 13 heteroatoms. The van der Waals surface area contributed by atoms with Gasteiger partial charge in [0.1, 0.15) is 5.69 Å². The molecule has 0 aliphatic carbocycles. The summed E-state index contributed by atoms with van der Waals surface area (Å²) >= 11 is 0. The van der Waals surface area contributed by atoms with Crippen molar-refractivity contribution in [1.29, 1.82) is 0 Å². The Kier molecular flexibility index (Phi) is 8.99. The largest absolute Gasteiger partial charge is 0.366 e. The van der Waals surface area contributed by atoms with Crippen LogP contribution < -0.4 is 26.3 Å². The molecule has 1 fully saturated rings. The molecule has 5 aromatic rings. The second-order valence-electron chi connectivity index (χ2n) is 14.1. The van der Waals surface area contributed by atoms with Crippen molar-refractivity contribution in [3.05, 3.63) is 113 Å². The summed E-state index contributed by atoms with van der Waals surface area (Å²) in [6, 6.07) is 21.7. The third-order valence-corrected chi connectivity index (χ3v) is 10.3. The van der Waals surface area contributed by atoms with E-state index < -0.39 is 0 Å². The fraction of sp³-hybridized carbons (Fsp3) is 0.300. The second kappa shape index (κ2) is 14.1. The highest BCUT2D eigenvalue weighted by molar-refractivity contribution is 6.05. The lowest BCUT2D eigenvalue weighted by Crippen LogP contribution is -2.48. The normalized spacial score (nSPS) is 17.2. The number of benzene rings is 2. The third kappa shape index (κ3) is 7.02. The molecule has 3 aliphatic rings. The molecule has 13 nitrogen and oxygen atoms in total. The van der Waals surface area contributed by atoms with Gasteiger partial charge in [-0.3, -0.25) is 19.4 Å². The van der Waals surface area contributed by atoms with Crippen LogP contribution in [0.15, 0.2) is 90.1 Å². The molecule has 270 valence electrons. The van der Waals surface area contributed by atoms with Crippen LogP contribution in [0.5, 0.6) is 0 Å². The van der Waals surface area contributed by atoms with Gasteiger partial charge < -0.3 is 21.4 Å². The van der Waals surface area contributed by atoms with Crippen LogP contribution in [0, 0.1) is 20.8 Å². The zero-order chi connectivity index (χ0) is 36.6. The van der Waals surface area contributed by atoms with Crippen LogP contribution in [-0.4, -0.2) is 67.5 Å². The van der Waals surface area contributed by atoms with E-state index in [0.717, 1.165) is 76.8 Å². The Morgan fingerprint density at radius 2 is 1.89 bits per heavy atom. The lowest BCUT2D eigenvalue weighted by atomic mass is 10.1. The zero-order valence-corrected chi connectivity index (χ0v) is 30.2. The highest BCUT2D eigenvalue weighted by Gasteiger charge is 2.40. The van der Waals surface area contributed by atoms with Gasteiger partial charge in [0.25, 0.3) is 0 Å². The highest BCUT2D eigenvalue weighted by Crippen LogP contribution is 2.40. The molecule has 53 heavy (non-hydrogen) atoms. The summed E-state index contributed by atoms with van der Waals surface area (Å²) in [5.41, 5.74) is 10.1. The van der Waals surface area contributed by atoms with E-state index in [0.29, 0.717) is 30.0 Å². The van der Waals surface area contributed by atoms with Crippen molar-refractivity contribution in [3.8, 4) is 16.9 Å². The summed E-state index contributed by atoms with van der Waals surface area (Å²) < 4.78 is 3.36. The summed E-state index contributed by atoms with van der Waals surface area (Å²) in [6.07, 6.45) is 8.32. The standard InChI is InChI=1S/C40H43N11O2/c1-25-6-4-7-28(18-25)35-13-14-36-39(45-35)50(34-16-17-48(36)24-34)40(53)44-30-8-5-9-33(20-30)49-23-32(46-47-49)22-42-38(52)15-12-29-10-11-31(43-29)21-37-26(2)19-27(3)51(37)41/h4-11,13-14,18-20,23,31,34H,12,15-17,21-22,24,41H2,1-3H3,(H,42,52)(H,44,53)/t31?,34-/m0/s1. The molecule has 0 saturated carbocycles. The number of hydrogen-bond acceptors (Lipinski definition) is 8. The topological polar surface area (TPSA) is 152 Å². The lowest BCUT2D eigenvalue weighted by Gasteiger charge is -2.36. The average molecular weight is 710 g/mol. The molecule has 0 radical (unpaired) electrons. The predicted octanol–water partition coefficient (Wildman–Crippen LogP) is 5.42. The minimum absolute atomic E-state index is 0.0227. The van der Waals surface area contributed by atoms with Gasteiger partial charge in [-0.05, 0) is 87.7 Å². The number of carbonyl (C=O) groups is 2. The van der Waals surface area contributed by atoms with Gasteiger partial charge in [0.2, 0.25) is 5.91 Å². The number of hydrogen-bond donors (Lipinski definition) is 3. The van der Waals surface area contributed by atoms with Crippen molar-refractivity contribution < 1.29 is 9.59 Å². The van der Waals surface area contributed by atoms with E-state index in [1.165, 1.54) is 0 Å². The van der Waals surface area contributed by atoms with Crippen molar-refractivity contribution in [2.75, 3.05) is 34.0 Å². The van der Waals surface area contributed by atoms with E-state index >= 15 is 0 Å². The quantitative estimate of drug-likeness (QED) is 0.164. The zero-order valence-electron chi connectivity index (χ0n) is 30.2. The Labute approximate surface area is 308 Å². The first-order valence-electron chi connectivity index (χ1n) is 18.1. The number of anilines is 3. The van der Waals surface area contributed by atoms with Gasteiger partial charge in [0.15, 0.2) is 5.82 Å². The molecule has 6 heterocycles. The van der Waals surface area contributed by atoms with Gasteiger partial charge in [0.05, 0.1) is 41.9 Å². The first kappa shape index (κ1) is 33.9. The van der Waals surface area contributed by atoms with Crippen LogP contribution in [0.4, 0.5) is 22.0 Å². The minimum atomic E-state index is -0.226. The SMILES string of the molecule is Cc1cccc(-c2ccc3c(n2)N(C(=O)Nc2cccc(-n4cc(CNC(=O)CCC5=NC(Cc6c(C)cc(C)n6N)C=C5)nn4)c2)[C@H]2CCN3C2)c1. The number of nitrogen functional groups attached to an aromatic ring is 1. The molecule has 2 bridgehead atoms. The van der Waals surface area contributed by atoms with Crippen molar-refractivity contribution in [1.82, 2.24) is 30.0 Å². The number of rotatable bonds is 10. The molecule has 3 aromatic heterocycles. The molecule has 3 aliphatic heterocycles. The summed E-state index contributed by atoms with van der Waals surface area (Å²) in [5, 5.41) is 14.6. The van der Waals surface area contributed by atoms with E-state index in [2.05, 4.69) is 70.0 Å². The van der Waals surface area contributed by atoms with E-state index in [1.54, 1.807) is 15.6 Å².